The summed E-state index contributed by atoms with van der Waals surface area (Å²) < 4.78 is 18.1. The molecular formula is C14H18FN3O3. The van der Waals surface area contributed by atoms with E-state index in [9.17, 15) is 14.0 Å². The van der Waals surface area contributed by atoms with Gasteiger partial charge in [0.15, 0.2) is 6.61 Å². The maximum absolute atomic E-state index is 13.1. The average molecular weight is 295 g/mol. The number of rotatable bonds is 3. The van der Waals surface area contributed by atoms with E-state index in [2.05, 4.69) is 4.90 Å². The van der Waals surface area contributed by atoms with Gasteiger partial charge in [0, 0.05) is 31.9 Å². The lowest BCUT2D eigenvalue weighted by atomic mass is 10.2. The predicted octanol–water partition coefficient (Wildman–Crippen LogP) is 0.339. The van der Waals surface area contributed by atoms with Gasteiger partial charge >= 0.3 is 5.97 Å². The van der Waals surface area contributed by atoms with Crippen molar-refractivity contribution in [1.82, 2.24) is 9.80 Å². The van der Waals surface area contributed by atoms with Crippen LogP contribution in [0.15, 0.2) is 18.2 Å². The first-order valence-electron chi connectivity index (χ1n) is 6.65. The third-order valence-corrected chi connectivity index (χ3v) is 3.34. The minimum atomic E-state index is -0.760. The molecule has 0 aromatic heterocycles. The molecule has 1 aliphatic rings. The van der Waals surface area contributed by atoms with Gasteiger partial charge in [-0.2, -0.15) is 0 Å². The molecule has 0 radical (unpaired) electrons. The fourth-order valence-electron chi connectivity index (χ4n) is 2.09. The monoisotopic (exact) mass is 295 g/mol. The zero-order chi connectivity index (χ0) is 15.4. The van der Waals surface area contributed by atoms with Crippen LogP contribution in [0.4, 0.5) is 10.1 Å². The Labute approximate surface area is 122 Å². The predicted molar refractivity (Wildman–Crippen MR) is 75.2 cm³/mol. The summed E-state index contributed by atoms with van der Waals surface area (Å²) in [6.07, 6.45) is 0. The van der Waals surface area contributed by atoms with Crippen LogP contribution in [0.2, 0.25) is 0 Å². The Kier molecular flexibility index (Phi) is 4.74. The number of anilines is 1. The van der Waals surface area contributed by atoms with E-state index in [1.54, 1.807) is 4.90 Å². The summed E-state index contributed by atoms with van der Waals surface area (Å²) in [4.78, 5) is 27.4. The van der Waals surface area contributed by atoms with Crippen molar-refractivity contribution in [2.75, 3.05) is 45.6 Å². The van der Waals surface area contributed by atoms with Crippen LogP contribution in [-0.2, 0) is 9.53 Å². The number of hydrogen-bond donors (Lipinski definition) is 1. The Morgan fingerprint density at radius 3 is 2.52 bits per heavy atom. The molecule has 1 aliphatic heterocycles. The highest BCUT2D eigenvalue weighted by molar-refractivity contribution is 5.92. The van der Waals surface area contributed by atoms with Gasteiger partial charge < -0.3 is 20.3 Å². The third-order valence-electron chi connectivity index (χ3n) is 3.34. The van der Waals surface area contributed by atoms with Crippen molar-refractivity contribution in [1.29, 1.82) is 0 Å². The number of piperazine rings is 1. The molecule has 1 saturated heterocycles. The van der Waals surface area contributed by atoms with Crippen LogP contribution in [0.3, 0.4) is 0 Å². The quantitative estimate of drug-likeness (QED) is 0.643. The SMILES string of the molecule is CN1CCN(C(=O)COC(=O)c2cc(N)cc(F)c2)CC1. The Hall–Kier alpha value is -2.15. The molecule has 21 heavy (non-hydrogen) atoms. The van der Waals surface area contributed by atoms with Gasteiger partial charge in [-0.25, -0.2) is 9.18 Å². The number of carbonyl (C=O) groups is 2. The van der Waals surface area contributed by atoms with Crippen LogP contribution in [0.25, 0.3) is 0 Å². The van der Waals surface area contributed by atoms with E-state index in [-0.39, 0.29) is 23.8 Å². The van der Waals surface area contributed by atoms with Crippen molar-refractivity contribution in [2.24, 2.45) is 0 Å². The second-order valence-electron chi connectivity index (χ2n) is 5.03. The van der Waals surface area contributed by atoms with Crippen LogP contribution in [-0.4, -0.2) is 61.5 Å². The van der Waals surface area contributed by atoms with Crippen LogP contribution >= 0.6 is 0 Å². The van der Waals surface area contributed by atoms with E-state index in [0.29, 0.717) is 13.1 Å². The molecule has 0 unspecified atom stereocenters. The van der Waals surface area contributed by atoms with Crippen molar-refractivity contribution < 1.29 is 18.7 Å². The van der Waals surface area contributed by atoms with E-state index >= 15 is 0 Å². The fraction of sp³-hybridized carbons (Fsp3) is 0.429. The van der Waals surface area contributed by atoms with Crippen LogP contribution in [0, 0.1) is 5.82 Å². The number of benzene rings is 1. The summed E-state index contributed by atoms with van der Waals surface area (Å²) in [5.41, 5.74) is 5.59. The lowest BCUT2D eigenvalue weighted by Crippen LogP contribution is -2.48. The van der Waals surface area contributed by atoms with E-state index < -0.39 is 11.8 Å². The van der Waals surface area contributed by atoms with Gasteiger partial charge in [0.05, 0.1) is 5.56 Å². The number of amides is 1. The molecule has 2 rings (SSSR count). The molecule has 1 aromatic carbocycles. The Morgan fingerprint density at radius 1 is 1.24 bits per heavy atom. The number of halogens is 1. The molecule has 114 valence electrons. The van der Waals surface area contributed by atoms with Crippen molar-refractivity contribution in [3.05, 3.63) is 29.6 Å². The molecule has 0 spiro atoms. The number of likely N-dealkylation sites (N-methyl/N-ethyl adjacent to an activating group) is 1. The van der Waals surface area contributed by atoms with Gasteiger partial charge in [0.25, 0.3) is 5.91 Å². The molecule has 1 fully saturated rings. The van der Waals surface area contributed by atoms with E-state index in [1.807, 2.05) is 7.05 Å². The summed E-state index contributed by atoms with van der Waals surface area (Å²) in [5.74, 6) is -1.63. The van der Waals surface area contributed by atoms with Gasteiger partial charge in [-0.3, -0.25) is 4.79 Å². The largest absolute Gasteiger partial charge is 0.452 e. The molecule has 1 heterocycles. The van der Waals surface area contributed by atoms with Crippen LogP contribution in [0.5, 0.6) is 0 Å². The molecule has 1 aromatic rings. The van der Waals surface area contributed by atoms with Crippen molar-refractivity contribution in [2.45, 2.75) is 0 Å². The molecule has 1 amide bonds. The van der Waals surface area contributed by atoms with Crippen molar-refractivity contribution in [3.8, 4) is 0 Å². The summed E-state index contributed by atoms with van der Waals surface area (Å²) in [6, 6.07) is 3.44. The first kappa shape index (κ1) is 15.2. The topological polar surface area (TPSA) is 75.9 Å². The van der Waals surface area contributed by atoms with Gasteiger partial charge in [-0.15, -0.1) is 0 Å². The minimum absolute atomic E-state index is 0.00122. The van der Waals surface area contributed by atoms with Gasteiger partial charge in [0.2, 0.25) is 0 Å². The first-order chi connectivity index (χ1) is 9.95. The maximum Gasteiger partial charge on any atom is 0.338 e. The molecule has 0 saturated carbocycles. The fourth-order valence-corrected chi connectivity index (χ4v) is 2.09. The Morgan fingerprint density at radius 2 is 1.90 bits per heavy atom. The molecule has 0 atom stereocenters. The highest BCUT2D eigenvalue weighted by atomic mass is 19.1. The molecule has 0 aliphatic carbocycles. The third kappa shape index (κ3) is 4.16. The lowest BCUT2D eigenvalue weighted by Gasteiger charge is -2.32. The second kappa shape index (κ2) is 6.53. The van der Waals surface area contributed by atoms with E-state index in [0.717, 1.165) is 25.2 Å². The maximum atomic E-state index is 13.1. The molecule has 6 nitrogen and oxygen atoms in total. The second-order valence-corrected chi connectivity index (χ2v) is 5.03. The summed E-state index contributed by atoms with van der Waals surface area (Å²) in [5, 5.41) is 0. The summed E-state index contributed by atoms with van der Waals surface area (Å²) >= 11 is 0. The number of esters is 1. The smallest absolute Gasteiger partial charge is 0.338 e. The molecule has 0 bridgehead atoms. The number of hydrogen-bond acceptors (Lipinski definition) is 5. The number of nitrogens with two attached hydrogens (primary N) is 1. The normalized spacial score (nSPS) is 15.8. The standard InChI is InChI=1S/C14H18FN3O3/c1-17-2-4-18(5-3-17)13(19)9-21-14(20)10-6-11(15)8-12(16)7-10/h6-8H,2-5,9,16H2,1H3. The average Bonchev–Trinajstić information content (AvgIpc) is 2.44. The molecule has 2 N–H and O–H groups in total. The van der Waals surface area contributed by atoms with Crippen LogP contribution in [0.1, 0.15) is 10.4 Å². The Balaban J connectivity index is 1.87. The van der Waals surface area contributed by atoms with Crippen molar-refractivity contribution >= 4 is 17.6 Å². The lowest BCUT2D eigenvalue weighted by molar-refractivity contribution is -0.136. The summed E-state index contributed by atoms with van der Waals surface area (Å²) in [6.45, 7) is 2.46. The van der Waals surface area contributed by atoms with Gasteiger partial charge in [-0.05, 0) is 25.2 Å². The highest BCUT2D eigenvalue weighted by Crippen LogP contribution is 2.12. The number of nitrogen functional groups attached to an aromatic ring is 1. The molecular weight excluding hydrogens is 277 g/mol. The first-order valence-corrected chi connectivity index (χ1v) is 6.65. The molecule has 7 heteroatoms. The number of carbonyl (C=O) groups excluding carboxylic acids is 2. The zero-order valence-electron chi connectivity index (χ0n) is 11.8. The van der Waals surface area contributed by atoms with Crippen LogP contribution < -0.4 is 5.73 Å². The zero-order valence-corrected chi connectivity index (χ0v) is 11.8. The number of nitrogens with zero attached hydrogens (tertiary/aromatic N) is 2. The van der Waals surface area contributed by atoms with Gasteiger partial charge in [-0.1, -0.05) is 0 Å². The highest BCUT2D eigenvalue weighted by Gasteiger charge is 2.20. The minimum Gasteiger partial charge on any atom is -0.452 e. The Bertz CT molecular complexity index is 522. The van der Waals surface area contributed by atoms with E-state index in [1.165, 1.54) is 6.07 Å². The number of ether oxygens (including phenoxy) is 1. The summed E-state index contributed by atoms with van der Waals surface area (Å²) in [7, 11) is 1.98. The van der Waals surface area contributed by atoms with Gasteiger partial charge in [0.1, 0.15) is 5.82 Å². The van der Waals surface area contributed by atoms with E-state index in [4.69, 9.17) is 10.5 Å². The van der Waals surface area contributed by atoms with Crippen molar-refractivity contribution in [3.63, 3.8) is 0 Å².